The number of carbonyl (C=O) groups is 1. The number of likely N-dealkylation sites (N-methyl/N-ethyl adjacent to an activating group) is 1. The first-order valence-electron chi connectivity index (χ1n) is 7.22. The molecule has 2 rings (SSSR count). The van der Waals surface area contributed by atoms with Crippen LogP contribution in [-0.2, 0) is 11.2 Å². The Bertz CT molecular complexity index is 512. The minimum absolute atomic E-state index is 0.0455. The van der Waals surface area contributed by atoms with Crippen molar-refractivity contribution in [2.24, 2.45) is 0 Å². The molecule has 0 atom stereocenters. The number of rotatable bonds is 5. The molecule has 0 heterocycles. The molecule has 1 aromatic rings. The summed E-state index contributed by atoms with van der Waals surface area (Å²) in [5.41, 5.74) is 0.0447. The molecule has 1 amide bonds. The average Bonchev–Trinajstić information content (AvgIpc) is 2.85. The summed E-state index contributed by atoms with van der Waals surface area (Å²) in [6.07, 6.45) is 3.81. The highest BCUT2D eigenvalue weighted by Gasteiger charge is 2.33. The van der Waals surface area contributed by atoms with Gasteiger partial charge in [0.2, 0.25) is 5.91 Å². The third kappa shape index (κ3) is 4.11. The van der Waals surface area contributed by atoms with Crippen molar-refractivity contribution in [3.05, 3.63) is 28.8 Å². The highest BCUT2D eigenvalue weighted by atomic mass is 35.5. The van der Waals surface area contributed by atoms with Crippen LogP contribution in [0, 0.1) is 0 Å². The van der Waals surface area contributed by atoms with Gasteiger partial charge >= 0.3 is 0 Å². The molecule has 0 unspecified atom stereocenters. The van der Waals surface area contributed by atoms with Crippen molar-refractivity contribution >= 4 is 17.5 Å². The first-order valence-corrected chi connectivity index (χ1v) is 7.60. The quantitative estimate of drug-likeness (QED) is 0.909. The van der Waals surface area contributed by atoms with Crippen LogP contribution in [0.3, 0.4) is 0 Å². The van der Waals surface area contributed by atoms with Crippen LogP contribution < -0.4 is 4.74 Å². The fourth-order valence-electron chi connectivity index (χ4n) is 2.90. The van der Waals surface area contributed by atoms with Crippen LogP contribution >= 0.6 is 11.6 Å². The largest absolute Gasteiger partial charge is 0.496 e. The fourth-order valence-corrected chi connectivity index (χ4v) is 3.10. The van der Waals surface area contributed by atoms with E-state index in [1.54, 1.807) is 37.3 Å². The van der Waals surface area contributed by atoms with Gasteiger partial charge in [-0.15, -0.1) is 0 Å². The molecule has 1 aliphatic carbocycles. The maximum absolute atomic E-state index is 12.3. The van der Waals surface area contributed by atoms with E-state index in [9.17, 15) is 9.90 Å². The van der Waals surface area contributed by atoms with E-state index in [1.165, 1.54) is 0 Å². The first kappa shape index (κ1) is 16.1. The Morgan fingerprint density at radius 1 is 1.43 bits per heavy atom. The van der Waals surface area contributed by atoms with E-state index in [0.29, 0.717) is 17.3 Å². The smallest absolute Gasteiger partial charge is 0.226 e. The summed E-state index contributed by atoms with van der Waals surface area (Å²) in [5, 5.41) is 11.0. The van der Waals surface area contributed by atoms with Crippen molar-refractivity contribution in [1.82, 2.24) is 4.90 Å². The predicted molar refractivity (Wildman–Crippen MR) is 82.8 cm³/mol. The van der Waals surface area contributed by atoms with Gasteiger partial charge < -0.3 is 14.7 Å². The second-order valence-corrected chi connectivity index (χ2v) is 6.25. The van der Waals surface area contributed by atoms with Gasteiger partial charge in [-0.3, -0.25) is 4.79 Å². The molecule has 0 aromatic heterocycles. The molecule has 1 saturated carbocycles. The van der Waals surface area contributed by atoms with Crippen molar-refractivity contribution in [2.45, 2.75) is 37.7 Å². The minimum atomic E-state index is -0.719. The number of halogens is 1. The molecule has 1 N–H and O–H groups in total. The summed E-state index contributed by atoms with van der Waals surface area (Å²) in [5.74, 6) is 0.608. The predicted octanol–water partition coefficient (Wildman–Crippen LogP) is 2.65. The Kier molecular flexibility index (Phi) is 5.12. The highest BCUT2D eigenvalue weighted by molar-refractivity contribution is 6.30. The molecule has 0 bridgehead atoms. The van der Waals surface area contributed by atoms with Gasteiger partial charge in [-0.25, -0.2) is 0 Å². The Hall–Kier alpha value is -1.26. The third-order valence-corrected chi connectivity index (χ3v) is 4.31. The summed E-state index contributed by atoms with van der Waals surface area (Å²) < 4.78 is 5.26. The second kappa shape index (κ2) is 6.67. The molecule has 0 aliphatic heterocycles. The molecule has 1 aliphatic rings. The summed E-state index contributed by atoms with van der Waals surface area (Å²) in [6, 6.07) is 5.24. The maximum atomic E-state index is 12.3. The van der Waals surface area contributed by atoms with E-state index < -0.39 is 5.60 Å². The van der Waals surface area contributed by atoms with E-state index in [1.807, 2.05) is 0 Å². The molecule has 0 spiro atoms. The Morgan fingerprint density at radius 2 is 2.10 bits per heavy atom. The van der Waals surface area contributed by atoms with E-state index in [-0.39, 0.29) is 12.3 Å². The van der Waals surface area contributed by atoms with Crippen molar-refractivity contribution < 1.29 is 14.6 Å². The van der Waals surface area contributed by atoms with E-state index >= 15 is 0 Å². The van der Waals surface area contributed by atoms with Crippen LogP contribution in [0.15, 0.2) is 18.2 Å². The molecule has 116 valence electrons. The fraction of sp³-hybridized carbons (Fsp3) is 0.562. The molecule has 1 aromatic carbocycles. The van der Waals surface area contributed by atoms with Crippen molar-refractivity contribution in [1.29, 1.82) is 0 Å². The number of benzene rings is 1. The number of carbonyl (C=O) groups excluding carboxylic acids is 1. The zero-order valence-electron chi connectivity index (χ0n) is 12.6. The van der Waals surface area contributed by atoms with Gasteiger partial charge in [0, 0.05) is 24.2 Å². The number of hydrogen-bond donors (Lipinski definition) is 1. The SMILES string of the molecule is COc1ccc(Cl)cc1CC(=O)N(C)CC1(O)CCCC1. The number of amides is 1. The van der Waals surface area contributed by atoms with Crippen molar-refractivity contribution in [2.75, 3.05) is 20.7 Å². The van der Waals surface area contributed by atoms with Gasteiger partial charge in [0.05, 0.1) is 19.1 Å². The number of methoxy groups -OCH3 is 1. The van der Waals surface area contributed by atoms with Crippen LogP contribution in [0.2, 0.25) is 5.02 Å². The van der Waals surface area contributed by atoms with Crippen LogP contribution in [-0.4, -0.2) is 42.2 Å². The van der Waals surface area contributed by atoms with Gasteiger partial charge in [-0.05, 0) is 31.0 Å². The van der Waals surface area contributed by atoms with Gasteiger partial charge in [0.1, 0.15) is 5.75 Å². The van der Waals surface area contributed by atoms with E-state index in [4.69, 9.17) is 16.3 Å². The first-order chi connectivity index (χ1) is 9.93. The van der Waals surface area contributed by atoms with Gasteiger partial charge in [0.25, 0.3) is 0 Å². The highest BCUT2D eigenvalue weighted by Crippen LogP contribution is 2.30. The number of aliphatic hydroxyl groups is 1. The Labute approximate surface area is 130 Å². The van der Waals surface area contributed by atoms with Crippen LogP contribution in [0.1, 0.15) is 31.2 Å². The van der Waals surface area contributed by atoms with Crippen LogP contribution in [0.4, 0.5) is 0 Å². The van der Waals surface area contributed by atoms with Crippen molar-refractivity contribution in [3.63, 3.8) is 0 Å². The number of hydrogen-bond acceptors (Lipinski definition) is 3. The maximum Gasteiger partial charge on any atom is 0.226 e. The summed E-state index contributed by atoms with van der Waals surface area (Å²) in [4.78, 5) is 13.9. The number of nitrogens with zero attached hydrogens (tertiary/aromatic N) is 1. The van der Waals surface area contributed by atoms with E-state index in [0.717, 1.165) is 31.2 Å². The zero-order chi connectivity index (χ0) is 15.5. The lowest BCUT2D eigenvalue weighted by Gasteiger charge is -2.28. The Morgan fingerprint density at radius 3 is 2.71 bits per heavy atom. The van der Waals surface area contributed by atoms with Gasteiger partial charge in [-0.1, -0.05) is 24.4 Å². The number of ether oxygens (including phenoxy) is 1. The lowest BCUT2D eigenvalue weighted by molar-refractivity contribution is -0.132. The minimum Gasteiger partial charge on any atom is -0.496 e. The average molecular weight is 312 g/mol. The molecule has 5 heteroatoms. The molecule has 0 saturated heterocycles. The molecule has 21 heavy (non-hydrogen) atoms. The Balaban J connectivity index is 2.02. The third-order valence-electron chi connectivity index (χ3n) is 4.08. The monoisotopic (exact) mass is 311 g/mol. The van der Waals surface area contributed by atoms with Gasteiger partial charge in [0.15, 0.2) is 0 Å². The molecule has 1 fully saturated rings. The topological polar surface area (TPSA) is 49.8 Å². The lowest BCUT2D eigenvalue weighted by atomic mass is 10.0. The summed E-state index contributed by atoms with van der Waals surface area (Å²) in [7, 11) is 3.30. The normalized spacial score (nSPS) is 16.8. The summed E-state index contributed by atoms with van der Waals surface area (Å²) >= 11 is 5.98. The van der Waals surface area contributed by atoms with Crippen molar-refractivity contribution in [3.8, 4) is 5.75 Å². The zero-order valence-corrected chi connectivity index (χ0v) is 13.3. The molecular weight excluding hydrogens is 290 g/mol. The molecule has 4 nitrogen and oxygen atoms in total. The lowest BCUT2D eigenvalue weighted by Crippen LogP contribution is -2.42. The van der Waals surface area contributed by atoms with Crippen LogP contribution in [0.5, 0.6) is 5.75 Å². The van der Waals surface area contributed by atoms with Gasteiger partial charge in [-0.2, -0.15) is 0 Å². The standard InChI is InChI=1S/C16H22ClNO3/c1-18(11-16(20)7-3-4-8-16)15(19)10-12-9-13(17)5-6-14(12)21-2/h5-6,9,20H,3-4,7-8,10-11H2,1-2H3. The second-order valence-electron chi connectivity index (χ2n) is 5.81. The van der Waals surface area contributed by atoms with Crippen LogP contribution in [0.25, 0.3) is 0 Å². The molecule has 0 radical (unpaired) electrons. The molecular formula is C16H22ClNO3. The van der Waals surface area contributed by atoms with E-state index in [2.05, 4.69) is 0 Å². The summed E-state index contributed by atoms with van der Waals surface area (Å²) in [6.45, 7) is 0.384.